The van der Waals surface area contributed by atoms with Gasteiger partial charge in [0, 0.05) is 14.7 Å². The number of nitrogens with one attached hydrogen (secondary N) is 1. The van der Waals surface area contributed by atoms with E-state index < -0.39 is 0 Å². The predicted octanol–water partition coefficient (Wildman–Crippen LogP) is 4.38. The van der Waals surface area contributed by atoms with Crippen molar-refractivity contribution in [3.05, 3.63) is 39.3 Å². The molecular weight excluding hydrogens is 366 g/mol. The molecule has 0 unspecified atom stereocenters. The van der Waals surface area contributed by atoms with Gasteiger partial charge in [0.15, 0.2) is 0 Å². The summed E-state index contributed by atoms with van der Waals surface area (Å²) >= 11 is 8.39. The van der Waals surface area contributed by atoms with Gasteiger partial charge in [-0.25, -0.2) is 0 Å². The molecule has 0 heterocycles. The van der Waals surface area contributed by atoms with Crippen molar-refractivity contribution in [3.63, 3.8) is 0 Å². The van der Waals surface area contributed by atoms with E-state index in [0.29, 0.717) is 5.75 Å². The van der Waals surface area contributed by atoms with Gasteiger partial charge in [-0.05, 0) is 40.5 Å². The largest absolute Gasteiger partial charge is 0.324 e. The third kappa shape index (κ3) is 4.85. The SMILES string of the molecule is C=CCSCC(=O)Nc1c(C)cc(Br)cc1Br. The van der Waals surface area contributed by atoms with Crippen LogP contribution in [-0.2, 0) is 4.79 Å². The van der Waals surface area contributed by atoms with Crippen molar-refractivity contribution >= 4 is 55.2 Å². The maximum absolute atomic E-state index is 11.7. The highest BCUT2D eigenvalue weighted by Crippen LogP contribution is 2.30. The molecule has 0 saturated heterocycles. The van der Waals surface area contributed by atoms with E-state index in [1.54, 1.807) is 17.8 Å². The molecule has 1 aromatic rings. The fraction of sp³-hybridized carbons (Fsp3) is 0.250. The molecule has 5 heteroatoms. The summed E-state index contributed by atoms with van der Waals surface area (Å²) in [6, 6.07) is 3.89. The predicted molar refractivity (Wildman–Crippen MR) is 82.7 cm³/mol. The van der Waals surface area contributed by atoms with Crippen LogP contribution in [0.4, 0.5) is 5.69 Å². The smallest absolute Gasteiger partial charge is 0.234 e. The summed E-state index contributed by atoms with van der Waals surface area (Å²) in [7, 11) is 0. The number of rotatable bonds is 5. The summed E-state index contributed by atoms with van der Waals surface area (Å²) in [6.07, 6.45) is 1.79. The summed E-state index contributed by atoms with van der Waals surface area (Å²) in [4.78, 5) is 11.7. The Hall–Kier alpha value is -0.260. The molecule has 92 valence electrons. The van der Waals surface area contributed by atoms with Crippen LogP contribution >= 0.6 is 43.6 Å². The molecule has 0 aliphatic rings. The number of aryl methyl sites for hydroxylation is 1. The average molecular weight is 379 g/mol. The average Bonchev–Trinajstić information content (AvgIpc) is 2.24. The highest BCUT2D eigenvalue weighted by Gasteiger charge is 2.09. The molecule has 1 aromatic carbocycles. The van der Waals surface area contributed by atoms with Crippen LogP contribution < -0.4 is 5.32 Å². The topological polar surface area (TPSA) is 29.1 Å². The lowest BCUT2D eigenvalue weighted by Gasteiger charge is -2.11. The Bertz CT molecular complexity index is 412. The lowest BCUT2D eigenvalue weighted by Crippen LogP contribution is -2.15. The fourth-order valence-electron chi connectivity index (χ4n) is 1.27. The first kappa shape index (κ1) is 14.8. The summed E-state index contributed by atoms with van der Waals surface area (Å²) < 4.78 is 1.87. The zero-order valence-corrected chi connectivity index (χ0v) is 13.4. The number of halogens is 2. The Morgan fingerprint density at radius 3 is 2.82 bits per heavy atom. The van der Waals surface area contributed by atoms with Crippen LogP contribution in [0, 0.1) is 6.92 Å². The van der Waals surface area contributed by atoms with Crippen molar-refractivity contribution in [2.45, 2.75) is 6.92 Å². The number of hydrogen-bond donors (Lipinski definition) is 1. The number of amides is 1. The Morgan fingerprint density at radius 2 is 2.24 bits per heavy atom. The number of carbonyl (C=O) groups is 1. The van der Waals surface area contributed by atoms with Crippen molar-refractivity contribution in [3.8, 4) is 0 Å². The van der Waals surface area contributed by atoms with E-state index >= 15 is 0 Å². The zero-order valence-electron chi connectivity index (χ0n) is 9.43. The number of carbonyl (C=O) groups excluding carboxylic acids is 1. The lowest BCUT2D eigenvalue weighted by molar-refractivity contribution is -0.113. The summed E-state index contributed by atoms with van der Waals surface area (Å²) in [5.41, 5.74) is 1.85. The second kappa shape index (κ2) is 7.24. The molecule has 0 aliphatic carbocycles. The molecule has 2 nitrogen and oxygen atoms in total. The van der Waals surface area contributed by atoms with Gasteiger partial charge in [-0.15, -0.1) is 18.3 Å². The van der Waals surface area contributed by atoms with Gasteiger partial charge in [0.2, 0.25) is 5.91 Å². The Morgan fingerprint density at radius 1 is 1.53 bits per heavy atom. The van der Waals surface area contributed by atoms with E-state index in [0.717, 1.165) is 25.9 Å². The molecule has 0 radical (unpaired) electrons. The third-order valence-electron chi connectivity index (χ3n) is 1.99. The molecule has 0 saturated carbocycles. The minimum absolute atomic E-state index is 0.00275. The van der Waals surface area contributed by atoms with Crippen LogP contribution in [0.3, 0.4) is 0 Å². The van der Waals surface area contributed by atoms with Crippen LogP contribution in [0.25, 0.3) is 0 Å². The number of thioether (sulfide) groups is 1. The maximum atomic E-state index is 11.7. The molecule has 0 fully saturated rings. The van der Waals surface area contributed by atoms with Crippen molar-refractivity contribution < 1.29 is 4.79 Å². The van der Waals surface area contributed by atoms with Gasteiger partial charge in [-0.1, -0.05) is 22.0 Å². The second-order valence-electron chi connectivity index (χ2n) is 3.43. The van der Waals surface area contributed by atoms with Gasteiger partial charge < -0.3 is 5.32 Å². The molecule has 1 rings (SSSR count). The second-order valence-corrected chi connectivity index (χ2v) is 6.23. The van der Waals surface area contributed by atoms with Gasteiger partial charge >= 0.3 is 0 Å². The van der Waals surface area contributed by atoms with Gasteiger partial charge in [0.25, 0.3) is 0 Å². The van der Waals surface area contributed by atoms with E-state index in [1.807, 2.05) is 19.1 Å². The van der Waals surface area contributed by atoms with Crippen LogP contribution in [0.1, 0.15) is 5.56 Å². The Balaban J connectivity index is 2.68. The fourth-order valence-corrected chi connectivity index (χ4v) is 3.35. The summed E-state index contributed by atoms with van der Waals surface area (Å²) in [6.45, 7) is 5.57. The van der Waals surface area contributed by atoms with Gasteiger partial charge in [0.1, 0.15) is 0 Å². The van der Waals surface area contributed by atoms with E-state index in [4.69, 9.17) is 0 Å². The van der Waals surface area contributed by atoms with Gasteiger partial charge in [-0.2, -0.15) is 0 Å². The minimum Gasteiger partial charge on any atom is -0.324 e. The molecule has 1 N–H and O–H groups in total. The van der Waals surface area contributed by atoms with Crippen LogP contribution in [-0.4, -0.2) is 17.4 Å². The van der Waals surface area contributed by atoms with Crippen molar-refractivity contribution in [1.29, 1.82) is 0 Å². The standard InChI is InChI=1S/C12H13Br2NOS/c1-3-4-17-7-11(16)15-12-8(2)5-9(13)6-10(12)14/h3,5-6H,1,4,7H2,2H3,(H,15,16). The molecule has 0 aliphatic heterocycles. The Kier molecular flexibility index (Phi) is 6.30. The maximum Gasteiger partial charge on any atom is 0.234 e. The zero-order chi connectivity index (χ0) is 12.8. The van der Waals surface area contributed by atoms with Crippen molar-refractivity contribution in [2.75, 3.05) is 16.8 Å². The van der Waals surface area contributed by atoms with Gasteiger partial charge in [0.05, 0.1) is 11.4 Å². The highest BCUT2D eigenvalue weighted by atomic mass is 79.9. The first-order chi connectivity index (χ1) is 8.04. The first-order valence-electron chi connectivity index (χ1n) is 4.98. The molecule has 1 amide bonds. The van der Waals surface area contributed by atoms with E-state index in [1.165, 1.54) is 0 Å². The normalized spacial score (nSPS) is 10.1. The summed E-state index contributed by atoms with van der Waals surface area (Å²) in [5, 5.41) is 2.90. The first-order valence-corrected chi connectivity index (χ1v) is 7.72. The van der Waals surface area contributed by atoms with Crippen molar-refractivity contribution in [1.82, 2.24) is 0 Å². The molecule has 17 heavy (non-hydrogen) atoms. The number of anilines is 1. The quantitative estimate of drug-likeness (QED) is 0.608. The van der Waals surface area contributed by atoms with Crippen LogP contribution in [0.5, 0.6) is 0 Å². The molecule has 0 bridgehead atoms. The van der Waals surface area contributed by atoms with Crippen LogP contribution in [0.2, 0.25) is 0 Å². The number of hydrogen-bond acceptors (Lipinski definition) is 2. The number of benzene rings is 1. The molecule has 0 spiro atoms. The minimum atomic E-state index is 0.00275. The molecule has 0 atom stereocenters. The molecular formula is C12H13Br2NOS. The summed E-state index contributed by atoms with van der Waals surface area (Å²) in [5.74, 6) is 1.23. The lowest BCUT2D eigenvalue weighted by atomic mass is 10.2. The Labute approximate surface area is 123 Å². The van der Waals surface area contributed by atoms with E-state index in [2.05, 4.69) is 43.8 Å². The monoisotopic (exact) mass is 377 g/mol. The van der Waals surface area contributed by atoms with E-state index in [9.17, 15) is 4.79 Å². The third-order valence-corrected chi connectivity index (χ3v) is 4.01. The van der Waals surface area contributed by atoms with E-state index in [-0.39, 0.29) is 5.91 Å². The van der Waals surface area contributed by atoms with Crippen LogP contribution in [0.15, 0.2) is 33.7 Å². The highest BCUT2D eigenvalue weighted by molar-refractivity contribution is 9.11. The van der Waals surface area contributed by atoms with Gasteiger partial charge in [-0.3, -0.25) is 4.79 Å². The molecule has 0 aromatic heterocycles. The van der Waals surface area contributed by atoms with Crippen molar-refractivity contribution in [2.24, 2.45) is 0 Å².